The van der Waals surface area contributed by atoms with Gasteiger partial charge in [0.15, 0.2) is 18.5 Å². The lowest BCUT2D eigenvalue weighted by Crippen LogP contribution is -2.62. The number of esters is 3. The fraction of sp³-hybridized carbons (Fsp3) is 0.522. The number of ether oxygens (including phenoxy) is 7. The highest BCUT2D eigenvalue weighted by Crippen LogP contribution is 2.30. The number of methoxy groups -OCH3 is 1. The molecule has 0 spiro atoms. The van der Waals surface area contributed by atoms with E-state index >= 15 is 0 Å². The van der Waals surface area contributed by atoms with E-state index in [1.165, 1.54) is 26.8 Å². The number of carbonyl (C=O) groups is 3. The molecule has 0 radical (unpaired) electrons. The van der Waals surface area contributed by atoms with Crippen molar-refractivity contribution in [3.63, 3.8) is 0 Å². The first-order valence-electron chi connectivity index (χ1n) is 10.4. The molecule has 1 fully saturated rings. The normalized spacial score (nSPS) is 24.4. The van der Waals surface area contributed by atoms with Crippen molar-refractivity contribution in [1.82, 2.24) is 0 Å². The van der Waals surface area contributed by atoms with Crippen molar-refractivity contribution < 1.29 is 47.5 Å². The summed E-state index contributed by atoms with van der Waals surface area (Å²) in [5.74, 6) is -1.11. The van der Waals surface area contributed by atoms with Gasteiger partial charge in [-0.15, -0.1) is 6.58 Å². The summed E-state index contributed by atoms with van der Waals surface area (Å²) in [6.45, 7) is 7.27. The van der Waals surface area contributed by atoms with Gasteiger partial charge in [0.1, 0.15) is 24.6 Å². The summed E-state index contributed by atoms with van der Waals surface area (Å²) in [6, 6.07) is 7.19. The second-order valence-electron chi connectivity index (χ2n) is 7.24. The molecular weight excluding hydrogens is 436 g/mol. The predicted molar refractivity (Wildman–Crippen MR) is 114 cm³/mol. The number of carbonyl (C=O) groups excluding carboxylic acids is 3. The summed E-state index contributed by atoms with van der Waals surface area (Å²) in [5.41, 5.74) is 0.811. The standard InChI is InChI=1S/C23H30O10/c1-6-11-28-23-22(30-12-17-7-9-18(27-5)10-8-17)21(32-16(4)26)20(31-15(3)25)19(33-23)13-29-14(2)24/h6-10,19-23H,1,11-13H2,2-5H3/t19-,20+,21+,22-,23-/m1/s1. The molecule has 1 aromatic rings. The molecule has 1 aromatic carbocycles. The van der Waals surface area contributed by atoms with Gasteiger partial charge in [0.05, 0.1) is 20.3 Å². The van der Waals surface area contributed by atoms with E-state index in [1.54, 1.807) is 19.2 Å². The van der Waals surface area contributed by atoms with Gasteiger partial charge in [0.2, 0.25) is 0 Å². The molecule has 1 aliphatic heterocycles. The Morgan fingerprint density at radius 1 is 0.939 bits per heavy atom. The van der Waals surface area contributed by atoms with Crippen molar-refractivity contribution in [3.8, 4) is 5.75 Å². The SMILES string of the molecule is C=CCO[C@@H]1O[C@H](COC(C)=O)[C@H](OC(C)=O)[C@H](OC(C)=O)[C@H]1OCc1ccc(OC)cc1. The van der Waals surface area contributed by atoms with Crippen LogP contribution in [-0.4, -0.2) is 68.9 Å². The third-order valence-electron chi connectivity index (χ3n) is 4.63. The van der Waals surface area contributed by atoms with Crippen LogP contribution in [0.2, 0.25) is 0 Å². The van der Waals surface area contributed by atoms with Crippen molar-refractivity contribution in [3.05, 3.63) is 42.5 Å². The lowest BCUT2D eigenvalue weighted by Gasteiger charge is -2.44. The Morgan fingerprint density at radius 2 is 1.58 bits per heavy atom. The van der Waals surface area contributed by atoms with Crippen LogP contribution in [0.1, 0.15) is 26.3 Å². The molecule has 182 valence electrons. The molecule has 1 aliphatic rings. The third-order valence-corrected chi connectivity index (χ3v) is 4.63. The first-order chi connectivity index (χ1) is 15.7. The molecule has 0 unspecified atom stereocenters. The summed E-state index contributed by atoms with van der Waals surface area (Å²) >= 11 is 0. The van der Waals surface area contributed by atoms with E-state index < -0.39 is 48.6 Å². The average Bonchev–Trinajstić information content (AvgIpc) is 2.76. The Bertz CT molecular complexity index is 806. The maximum Gasteiger partial charge on any atom is 0.303 e. The van der Waals surface area contributed by atoms with Crippen LogP contribution in [0.15, 0.2) is 36.9 Å². The minimum Gasteiger partial charge on any atom is -0.497 e. The van der Waals surface area contributed by atoms with E-state index in [9.17, 15) is 14.4 Å². The highest BCUT2D eigenvalue weighted by atomic mass is 16.7. The molecule has 10 heteroatoms. The first kappa shape index (κ1) is 26.3. The average molecular weight is 466 g/mol. The first-order valence-corrected chi connectivity index (χ1v) is 10.4. The van der Waals surface area contributed by atoms with Crippen molar-refractivity contribution in [2.24, 2.45) is 0 Å². The summed E-state index contributed by atoms with van der Waals surface area (Å²) in [4.78, 5) is 35.1. The quantitative estimate of drug-likeness (QED) is 0.272. The fourth-order valence-electron chi connectivity index (χ4n) is 3.26. The van der Waals surface area contributed by atoms with Crippen LogP contribution in [0.4, 0.5) is 0 Å². The zero-order valence-electron chi connectivity index (χ0n) is 19.2. The van der Waals surface area contributed by atoms with Crippen molar-refractivity contribution >= 4 is 17.9 Å². The second-order valence-corrected chi connectivity index (χ2v) is 7.24. The Balaban J connectivity index is 2.33. The summed E-state index contributed by atoms with van der Waals surface area (Å²) in [6.07, 6.45) is -3.63. The van der Waals surface area contributed by atoms with Crippen LogP contribution in [0.5, 0.6) is 5.75 Å². The van der Waals surface area contributed by atoms with Crippen LogP contribution < -0.4 is 4.74 Å². The zero-order chi connectivity index (χ0) is 24.4. The minimum absolute atomic E-state index is 0.109. The van der Waals surface area contributed by atoms with Gasteiger partial charge < -0.3 is 33.2 Å². The molecule has 0 bridgehead atoms. The van der Waals surface area contributed by atoms with Gasteiger partial charge in [0.25, 0.3) is 0 Å². The van der Waals surface area contributed by atoms with E-state index in [0.717, 1.165) is 5.56 Å². The van der Waals surface area contributed by atoms with Gasteiger partial charge in [-0.2, -0.15) is 0 Å². The van der Waals surface area contributed by atoms with E-state index in [2.05, 4.69) is 6.58 Å². The number of benzene rings is 1. The van der Waals surface area contributed by atoms with Crippen LogP contribution in [0.25, 0.3) is 0 Å². The summed E-state index contributed by atoms with van der Waals surface area (Å²) in [7, 11) is 1.57. The molecule has 0 aliphatic carbocycles. The van der Waals surface area contributed by atoms with Crippen LogP contribution in [0.3, 0.4) is 0 Å². The van der Waals surface area contributed by atoms with Gasteiger partial charge in [-0.3, -0.25) is 14.4 Å². The number of hydrogen-bond donors (Lipinski definition) is 0. The van der Waals surface area contributed by atoms with Gasteiger partial charge in [-0.05, 0) is 17.7 Å². The number of hydrogen-bond acceptors (Lipinski definition) is 10. The molecule has 2 rings (SSSR count). The van der Waals surface area contributed by atoms with Crippen molar-refractivity contribution in [2.75, 3.05) is 20.3 Å². The lowest BCUT2D eigenvalue weighted by atomic mass is 9.98. The highest BCUT2D eigenvalue weighted by Gasteiger charge is 2.51. The largest absolute Gasteiger partial charge is 0.497 e. The number of rotatable bonds is 11. The van der Waals surface area contributed by atoms with E-state index in [1.807, 2.05) is 12.1 Å². The van der Waals surface area contributed by atoms with Gasteiger partial charge in [-0.25, -0.2) is 0 Å². The van der Waals surface area contributed by atoms with Crippen molar-refractivity contribution in [2.45, 2.75) is 58.1 Å². The molecule has 33 heavy (non-hydrogen) atoms. The van der Waals surface area contributed by atoms with E-state index in [-0.39, 0.29) is 19.8 Å². The van der Waals surface area contributed by atoms with Gasteiger partial charge >= 0.3 is 17.9 Å². The molecule has 1 saturated heterocycles. The topological polar surface area (TPSA) is 116 Å². The van der Waals surface area contributed by atoms with Crippen LogP contribution >= 0.6 is 0 Å². The van der Waals surface area contributed by atoms with E-state index in [0.29, 0.717) is 5.75 Å². The Morgan fingerprint density at radius 3 is 2.12 bits per heavy atom. The Hall–Kier alpha value is -2.95. The molecule has 1 heterocycles. The molecule has 0 saturated carbocycles. The summed E-state index contributed by atoms with van der Waals surface area (Å²) in [5, 5.41) is 0. The molecule has 10 nitrogen and oxygen atoms in total. The van der Waals surface area contributed by atoms with Crippen LogP contribution in [0, 0.1) is 0 Å². The van der Waals surface area contributed by atoms with Gasteiger partial charge in [0, 0.05) is 20.8 Å². The summed E-state index contributed by atoms with van der Waals surface area (Å²) < 4.78 is 38.8. The smallest absolute Gasteiger partial charge is 0.303 e. The third kappa shape index (κ3) is 8.16. The molecule has 0 aromatic heterocycles. The maximum absolute atomic E-state index is 11.9. The zero-order valence-corrected chi connectivity index (χ0v) is 19.2. The molecule has 5 atom stereocenters. The van der Waals surface area contributed by atoms with Gasteiger partial charge in [-0.1, -0.05) is 18.2 Å². The molecule has 0 amide bonds. The predicted octanol–water partition coefficient (Wildman–Crippen LogP) is 1.93. The minimum atomic E-state index is -1.10. The van der Waals surface area contributed by atoms with Crippen molar-refractivity contribution in [1.29, 1.82) is 0 Å². The van der Waals surface area contributed by atoms with Crippen LogP contribution in [-0.2, 0) is 49.4 Å². The molecular formula is C23H30O10. The van der Waals surface area contributed by atoms with E-state index in [4.69, 9.17) is 33.2 Å². The lowest BCUT2D eigenvalue weighted by molar-refractivity contribution is -0.313. The fourth-order valence-corrected chi connectivity index (χ4v) is 3.26. The maximum atomic E-state index is 11.9. The Kier molecular flexibility index (Phi) is 10.3. The Labute approximate surface area is 192 Å². The monoisotopic (exact) mass is 466 g/mol. The highest BCUT2D eigenvalue weighted by molar-refractivity contribution is 5.67. The molecule has 0 N–H and O–H groups in total. The second kappa shape index (κ2) is 12.9.